The summed E-state index contributed by atoms with van der Waals surface area (Å²) in [7, 11) is 0. The molecule has 1 aliphatic heterocycles. The zero-order chi connectivity index (χ0) is 24.2. The van der Waals surface area contributed by atoms with Crippen LogP contribution in [0.3, 0.4) is 0 Å². The topological polar surface area (TPSA) is 111 Å². The zero-order valence-electron chi connectivity index (χ0n) is 18.2. The first-order valence-electron chi connectivity index (χ1n) is 10.5. The average molecular weight is 532 g/mol. The minimum Gasteiger partial charge on any atom is -0.320 e. The van der Waals surface area contributed by atoms with Gasteiger partial charge in [0, 0.05) is 29.4 Å². The molecule has 184 valence electrons. The molecule has 6 rings (SSSR count). The summed E-state index contributed by atoms with van der Waals surface area (Å²) >= 11 is 1.05. The number of nitrogens with one attached hydrogen (secondary N) is 4. The third-order valence-corrected chi connectivity index (χ3v) is 6.69. The van der Waals surface area contributed by atoms with E-state index in [1.54, 1.807) is 12.3 Å². The molecule has 0 atom stereocenters. The quantitative estimate of drug-likeness (QED) is 0.249. The van der Waals surface area contributed by atoms with E-state index in [2.05, 4.69) is 48.1 Å². The van der Waals surface area contributed by atoms with Crippen molar-refractivity contribution >= 4 is 46.2 Å². The standard InChI is InChI=1S/C23H16F3N7OS.ClH/c24-23(25,26)20-6-18(32-33-20)22-30-19(10-35-22)21(34)29-17-5-16-14(9-28-31-16)4-15(17)11-1-2-12-7-27-8-13(12)3-11;/h1-6,9-10,27H,7-8H2,(H,28,31)(H,29,34)(H,32,33);1H. The molecular weight excluding hydrogens is 515 g/mol. The molecule has 8 nitrogen and oxygen atoms in total. The second-order valence-electron chi connectivity index (χ2n) is 8.10. The van der Waals surface area contributed by atoms with Crippen molar-refractivity contribution in [3.05, 3.63) is 70.5 Å². The number of carbonyl (C=O) groups excluding carboxylic acids is 1. The Bertz CT molecular complexity index is 1590. The van der Waals surface area contributed by atoms with Gasteiger partial charge in [-0.3, -0.25) is 15.0 Å². The highest BCUT2D eigenvalue weighted by atomic mass is 35.5. The average Bonchev–Trinajstić information content (AvgIpc) is 3.63. The summed E-state index contributed by atoms with van der Waals surface area (Å²) in [6.45, 7) is 1.61. The van der Waals surface area contributed by atoms with Gasteiger partial charge in [-0.1, -0.05) is 12.1 Å². The van der Waals surface area contributed by atoms with Gasteiger partial charge in [-0.05, 0) is 41.0 Å². The minimum atomic E-state index is -4.57. The number of anilines is 1. The van der Waals surface area contributed by atoms with Gasteiger partial charge < -0.3 is 10.6 Å². The van der Waals surface area contributed by atoms with E-state index in [0.29, 0.717) is 5.69 Å². The number of carbonyl (C=O) groups is 1. The number of H-pyrrole nitrogens is 2. The highest BCUT2D eigenvalue weighted by Crippen LogP contribution is 2.35. The number of amides is 1. The summed E-state index contributed by atoms with van der Waals surface area (Å²) in [5.74, 6) is -0.481. The third-order valence-electron chi connectivity index (χ3n) is 5.81. The number of nitrogens with zero attached hydrogens (tertiary/aromatic N) is 3. The van der Waals surface area contributed by atoms with Crippen LogP contribution in [0.1, 0.15) is 27.3 Å². The Morgan fingerprint density at radius 3 is 2.69 bits per heavy atom. The van der Waals surface area contributed by atoms with E-state index in [0.717, 1.165) is 52.5 Å². The van der Waals surface area contributed by atoms with Crippen molar-refractivity contribution < 1.29 is 18.0 Å². The van der Waals surface area contributed by atoms with E-state index < -0.39 is 17.8 Å². The Balaban J connectivity index is 0.00000267. The number of aromatic nitrogens is 5. The normalized spacial score (nSPS) is 13.0. The lowest BCUT2D eigenvalue weighted by Crippen LogP contribution is -2.13. The predicted octanol–water partition coefficient (Wildman–Crippen LogP) is 5.37. The van der Waals surface area contributed by atoms with Crippen LogP contribution in [0.2, 0.25) is 0 Å². The maximum absolute atomic E-state index is 13.1. The molecule has 0 unspecified atom stereocenters. The summed E-state index contributed by atoms with van der Waals surface area (Å²) in [6, 6.07) is 10.8. The Hall–Kier alpha value is -3.74. The molecule has 1 amide bonds. The molecule has 4 heterocycles. The number of hydrogen-bond acceptors (Lipinski definition) is 6. The number of aromatic amines is 2. The van der Waals surface area contributed by atoms with E-state index in [1.807, 2.05) is 12.1 Å². The van der Waals surface area contributed by atoms with Crippen molar-refractivity contribution in [1.29, 1.82) is 0 Å². The number of halogens is 4. The third kappa shape index (κ3) is 4.34. The number of thiazole rings is 1. The number of fused-ring (bicyclic) bond motifs is 2. The first kappa shape index (κ1) is 24.0. The van der Waals surface area contributed by atoms with Gasteiger partial charge in [0.25, 0.3) is 5.91 Å². The van der Waals surface area contributed by atoms with Crippen molar-refractivity contribution in [3.63, 3.8) is 0 Å². The zero-order valence-corrected chi connectivity index (χ0v) is 19.9. The van der Waals surface area contributed by atoms with Gasteiger partial charge in [-0.15, -0.1) is 23.7 Å². The fourth-order valence-electron chi connectivity index (χ4n) is 4.06. The number of benzene rings is 2. The summed E-state index contributed by atoms with van der Waals surface area (Å²) < 4.78 is 38.6. The van der Waals surface area contributed by atoms with E-state index in [-0.39, 0.29) is 28.8 Å². The van der Waals surface area contributed by atoms with E-state index in [1.165, 1.54) is 16.5 Å². The van der Waals surface area contributed by atoms with Gasteiger partial charge in [-0.2, -0.15) is 23.4 Å². The van der Waals surface area contributed by atoms with Gasteiger partial charge in [-0.25, -0.2) is 4.98 Å². The molecule has 0 bridgehead atoms. The van der Waals surface area contributed by atoms with E-state index in [9.17, 15) is 18.0 Å². The first-order valence-corrected chi connectivity index (χ1v) is 11.4. The fourth-order valence-corrected chi connectivity index (χ4v) is 4.83. The van der Waals surface area contributed by atoms with Crippen LogP contribution in [-0.4, -0.2) is 31.3 Å². The van der Waals surface area contributed by atoms with Crippen LogP contribution >= 0.6 is 23.7 Å². The largest absolute Gasteiger partial charge is 0.435 e. The second kappa shape index (κ2) is 9.04. The molecule has 1 aliphatic rings. The molecule has 2 aromatic carbocycles. The van der Waals surface area contributed by atoms with Gasteiger partial charge >= 0.3 is 6.18 Å². The number of rotatable bonds is 4. The van der Waals surface area contributed by atoms with Crippen molar-refractivity contribution in [2.45, 2.75) is 19.3 Å². The van der Waals surface area contributed by atoms with Crippen LogP contribution in [0.25, 0.3) is 32.7 Å². The van der Waals surface area contributed by atoms with E-state index in [4.69, 9.17) is 0 Å². The van der Waals surface area contributed by atoms with Crippen LogP contribution in [0.5, 0.6) is 0 Å². The predicted molar refractivity (Wildman–Crippen MR) is 132 cm³/mol. The Morgan fingerprint density at radius 1 is 1.06 bits per heavy atom. The van der Waals surface area contributed by atoms with Gasteiger partial charge in [0.1, 0.15) is 10.7 Å². The molecular formula is C23H17ClF3N7OS. The maximum Gasteiger partial charge on any atom is 0.435 e. The molecule has 0 fully saturated rings. The first-order chi connectivity index (χ1) is 16.8. The van der Waals surface area contributed by atoms with Gasteiger partial charge in [0.15, 0.2) is 5.69 Å². The molecule has 0 spiro atoms. The van der Waals surface area contributed by atoms with E-state index >= 15 is 0 Å². The lowest BCUT2D eigenvalue weighted by Gasteiger charge is -2.12. The highest BCUT2D eigenvalue weighted by Gasteiger charge is 2.34. The lowest BCUT2D eigenvalue weighted by atomic mass is 9.98. The van der Waals surface area contributed by atoms with Gasteiger partial charge in [0.05, 0.1) is 23.1 Å². The molecule has 5 aromatic rings. The number of hydrogen-bond donors (Lipinski definition) is 4. The Morgan fingerprint density at radius 2 is 1.89 bits per heavy atom. The molecule has 0 radical (unpaired) electrons. The molecule has 13 heteroatoms. The smallest absolute Gasteiger partial charge is 0.320 e. The van der Waals surface area contributed by atoms with Gasteiger partial charge in [0.2, 0.25) is 0 Å². The van der Waals surface area contributed by atoms with Crippen LogP contribution < -0.4 is 10.6 Å². The summed E-state index contributed by atoms with van der Waals surface area (Å²) in [5, 5.41) is 21.4. The second-order valence-corrected chi connectivity index (χ2v) is 8.96. The van der Waals surface area contributed by atoms with Crippen molar-refractivity contribution in [1.82, 2.24) is 30.7 Å². The maximum atomic E-state index is 13.1. The highest BCUT2D eigenvalue weighted by molar-refractivity contribution is 7.13. The van der Waals surface area contributed by atoms with Crippen LogP contribution in [0, 0.1) is 0 Å². The fraction of sp³-hybridized carbons (Fsp3) is 0.130. The SMILES string of the molecule is Cl.O=C(Nc1cc2[nH]ncc2cc1-c1ccc2c(c1)CNC2)c1csc(-c2cc(C(F)(F)F)n[nH]2)n1. The van der Waals surface area contributed by atoms with Crippen LogP contribution in [-0.2, 0) is 19.3 Å². The molecule has 3 aromatic heterocycles. The molecule has 0 saturated heterocycles. The molecule has 4 N–H and O–H groups in total. The van der Waals surface area contributed by atoms with Crippen LogP contribution in [0.15, 0.2) is 48.0 Å². The van der Waals surface area contributed by atoms with Crippen molar-refractivity contribution in [2.75, 3.05) is 5.32 Å². The monoisotopic (exact) mass is 531 g/mol. The molecule has 0 saturated carbocycles. The molecule has 36 heavy (non-hydrogen) atoms. The Kier molecular flexibility index (Phi) is 6.02. The summed E-state index contributed by atoms with van der Waals surface area (Å²) in [4.78, 5) is 17.3. The summed E-state index contributed by atoms with van der Waals surface area (Å²) in [5.41, 5.74) is 4.66. The molecule has 0 aliphatic carbocycles. The lowest BCUT2D eigenvalue weighted by molar-refractivity contribution is -0.141. The number of alkyl halides is 3. The minimum absolute atomic E-state index is 0. The van der Waals surface area contributed by atoms with Crippen molar-refractivity contribution in [3.8, 4) is 21.8 Å². The van der Waals surface area contributed by atoms with Crippen molar-refractivity contribution in [2.24, 2.45) is 0 Å². The summed E-state index contributed by atoms with van der Waals surface area (Å²) in [6.07, 6.45) is -2.85. The Labute approximate surface area is 211 Å². The van der Waals surface area contributed by atoms with Crippen LogP contribution in [0.4, 0.5) is 18.9 Å².